The van der Waals surface area contributed by atoms with Gasteiger partial charge in [0.25, 0.3) is 5.56 Å². The number of anilines is 3. The number of carbonyl (C=O) groups is 1. The van der Waals surface area contributed by atoms with E-state index in [2.05, 4.69) is 39.3 Å². The number of aryl methyl sites for hydroxylation is 1. The van der Waals surface area contributed by atoms with Gasteiger partial charge in [-0.1, -0.05) is 6.07 Å². The lowest BCUT2D eigenvalue weighted by atomic mass is 9.86. The fourth-order valence-electron chi connectivity index (χ4n) is 4.78. The fraction of sp³-hybridized carbons (Fsp3) is 0.269. The zero-order chi connectivity index (χ0) is 24.5. The molecule has 0 bridgehead atoms. The summed E-state index contributed by atoms with van der Waals surface area (Å²) in [5.74, 6) is 1.21. The highest BCUT2D eigenvalue weighted by molar-refractivity contribution is 5.95. The molecule has 1 saturated heterocycles. The number of aromatic amines is 1. The van der Waals surface area contributed by atoms with Gasteiger partial charge in [0.1, 0.15) is 5.82 Å². The second kappa shape index (κ2) is 9.17. The number of piperidine rings is 1. The summed E-state index contributed by atoms with van der Waals surface area (Å²) in [4.78, 5) is 41.8. The molecule has 4 N–H and O–H groups in total. The number of fused-ring (bicyclic) bond motifs is 1. The number of amides is 1. The third-order valence-electron chi connectivity index (χ3n) is 6.63. The molecule has 35 heavy (non-hydrogen) atoms. The Kier molecular flexibility index (Phi) is 5.90. The molecular formula is C26H27N7O2. The van der Waals surface area contributed by atoms with Crippen LogP contribution < -0.4 is 16.6 Å². The summed E-state index contributed by atoms with van der Waals surface area (Å²) in [5.41, 5.74) is 10.0. The lowest BCUT2D eigenvalue weighted by molar-refractivity contribution is -0.129. The molecule has 0 saturated carbocycles. The standard InChI is InChI=1S/C26H27N7O2/c1-15-11-20(3-4-21(15)17-6-9-33(10-7-17)16(2)34)31-24-23-18(5-8-28-25(23)35)12-22(32-24)19-13-29-26(27)30-14-19/h3-5,8,11-14,17H,6-7,9-10H2,1-2H3,(H,28,35)(H,31,32)(H2,27,29,30). The van der Waals surface area contributed by atoms with Gasteiger partial charge in [0, 0.05) is 49.9 Å². The summed E-state index contributed by atoms with van der Waals surface area (Å²) < 4.78 is 0. The summed E-state index contributed by atoms with van der Waals surface area (Å²) >= 11 is 0. The largest absolute Gasteiger partial charge is 0.368 e. The van der Waals surface area contributed by atoms with Crippen molar-refractivity contribution in [3.63, 3.8) is 0 Å². The first-order chi connectivity index (χ1) is 16.9. The van der Waals surface area contributed by atoms with Gasteiger partial charge >= 0.3 is 0 Å². The Hall–Kier alpha value is -4.27. The maximum Gasteiger partial charge on any atom is 0.259 e. The molecule has 4 aromatic rings. The number of hydrogen-bond acceptors (Lipinski definition) is 7. The highest BCUT2D eigenvalue weighted by Crippen LogP contribution is 2.33. The highest BCUT2D eigenvalue weighted by Gasteiger charge is 2.23. The van der Waals surface area contributed by atoms with Crippen molar-refractivity contribution in [3.05, 3.63) is 70.4 Å². The molecule has 0 atom stereocenters. The van der Waals surface area contributed by atoms with E-state index in [4.69, 9.17) is 10.7 Å². The Balaban J connectivity index is 1.47. The van der Waals surface area contributed by atoms with Crippen molar-refractivity contribution < 1.29 is 4.79 Å². The number of benzene rings is 1. The predicted octanol–water partition coefficient (Wildman–Crippen LogP) is 3.74. The smallest absolute Gasteiger partial charge is 0.259 e. The van der Waals surface area contributed by atoms with Gasteiger partial charge < -0.3 is 20.9 Å². The van der Waals surface area contributed by atoms with Gasteiger partial charge in [-0.15, -0.1) is 0 Å². The normalized spacial score (nSPS) is 14.3. The third-order valence-corrected chi connectivity index (χ3v) is 6.63. The van der Waals surface area contributed by atoms with E-state index in [1.165, 1.54) is 5.56 Å². The number of likely N-dealkylation sites (tertiary alicyclic amines) is 1. The van der Waals surface area contributed by atoms with Gasteiger partial charge in [-0.05, 0) is 66.5 Å². The van der Waals surface area contributed by atoms with Crippen LogP contribution in [0.15, 0.2) is 53.7 Å². The highest BCUT2D eigenvalue weighted by atomic mass is 16.2. The molecule has 5 rings (SSSR count). The summed E-state index contributed by atoms with van der Waals surface area (Å²) in [5, 5.41) is 4.58. The number of nitrogens with zero attached hydrogens (tertiary/aromatic N) is 4. The number of carbonyl (C=O) groups excluding carboxylic acids is 1. The summed E-state index contributed by atoms with van der Waals surface area (Å²) in [6.07, 6.45) is 6.77. The molecule has 1 aliphatic rings. The first-order valence-corrected chi connectivity index (χ1v) is 11.6. The van der Waals surface area contributed by atoms with E-state index in [1.54, 1.807) is 25.5 Å². The lowest BCUT2D eigenvalue weighted by Crippen LogP contribution is -2.36. The van der Waals surface area contributed by atoms with E-state index in [9.17, 15) is 9.59 Å². The van der Waals surface area contributed by atoms with Crippen LogP contribution in [-0.2, 0) is 4.79 Å². The molecule has 0 aliphatic carbocycles. The minimum Gasteiger partial charge on any atom is -0.368 e. The molecule has 0 radical (unpaired) electrons. The predicted molar refractivity (Wildman–Crippen MR) is 136 cm³/mol. The molecule has 0 spiro atoms. The van der Waals surface area contributed by atoms with Crippen LogP contribution in [0.1, 0.15) is 36.8 Å². The number of nitrogens with two attached hydrogens (primary N) is 1. The van der Waals surface area contributed by atoms with E-state index in [0.29, 0.717) is 28.4 Å². The number of aromatic nitrogens is 4. The fourth-order valence-corrected chi connectivity index (χ4v) is 4.78. The number of hydrogen-bond donors (Lipinski definition) is 3. The van der Waals surface area contributed by atoms with Crippen LogP contribution in [0.25, 0.3) is 22.0 Å². The Morgan fingerprint density at radius 3 is 2.57 bits per heavy atom. The van der Waals surface area contributed by atoms with Crippen molar-refractivity contribution >= 4 is 34.1 Å². The summed E-state index contributed by atoms with van der Waals surface area (Å²) in [6.45, 7) is 5.31. The second-order valence-corrected chi connectivity index (χ2v) is 8.93. The van der Waals surface area contributed by atoms with Crippen molar-refractivity contribution in [3.8, 4) is 11.3 Å². The van der Waals surface area contributed by atoms with Crippen LogP contribution in [0.3, 0.4) is 0 Å². The van der Waals surface area contributed by atoms with Crippen LogP contribution in [0.5, 0.6) is 0 Å². The maximum absolute atomic E-state index is 12.7. The molecular weight excluding hydrogens is 442 g/mol. The van der Waals surface area contributed by atoms with Gasteiger partial charge in [-0.25, -0.2) is 15.0 Å². The van der Waals surface area contributed by atoms with Crippen LogP contribution in [0.2, 0.25) is 0 Å². The van der Waals surface area contributed by atoms with E-state index < -0.39 is 0 Å². The number of pyridine rings is 2. The third kappa shape index (κ3) is 4.57. The average molecular weight is 470 g/mol. The number of rotatable bonds is 4. The van der Waals surface area contributed by atoms with Gasteiger partial charge in [-0.3, -0.25) is 9.59 Å². The first kappa shape index (κ1) is 22.5. The molecule has 9 heteroatoms. The molecule has 3 aromatic heterocycles. The Morgan fingerprint density at radius 2 is 1.89 bits per heavy atom. The average Bonchev–Trinajstić information content (AvgIpc) is 2.84. The van der Waals surface area contributed by atoms with E-state index in [1.807, 2.05) is 23.1 Å². The van der Waals surface area contributed by atoms with Gasteiger partial charge in [0.2, 0.25) is 11.9 Å². The quantitative estimate of drug-likeness (QED) is 0.415. The van der Waals surface area contributed by atoms with Crippen molar-refractivity contribution in [2.45, 2.75) is 32.6 Å². The van der Waals surface area contributed by atoms with E-state index >= 15 is 0 Å². The van der Waals surface area contributed by atoms with Crippen LogP contribution >= 0.6 is 0 Å². The van der Waals surface area contributed by atoms with E-state index in [0.717, 1.165) is 42.6 Å². The summed E-state index contributed by atoms with van der Waals surface area (Å²) in [7, 11) is 0. The molecule has 0 unspecified atom stereocenters. The molecule has 1 amide bonds. The zero-order valence-electron chi connectivity index (χ0n) is 19.7. The van der Waals surface area contributed by atoms with Crippen molar-refractivity contribution in [2.75, 3.05) is 24.1 Å². The molecule has 4 heterocycles. The number of H-pyrrole nitrogens is 1. The van der Waals surface area contributed by atoms with Crippen LogP contribution in [0, 0.1) is 6.92 Å². The SMILES string of the molecule is CC(=O)N1CCC(c2ccc(Nc3nc(-c4cnc(N)nc4)cc4cc[nH]c(=O)c34)cc2C)CC1. The zero-order valence-corrected chi connectivity index (χ0v) is 19.7. The minimum atomic E-state index is -0.219. The first-order valence-electron chi connectivity index (χ1n) is 11.6. The Bertz CT molecular complexity index is 1460. The molecule has 178 valence electrons. The van der Waals surface area contributed by atoms with Crippen molar-refractivity contribution in [1.82, 2.24) is 24.8 Å². The monoisotopic (exact) mass is 469 g/mol. The minimum absolute atomic E-state index is 0.141. The van der Waals surface area contributed by atoms with Crippen molar-refractivity contribution in [1.29, 1.82) is 0 Å². The van der Waals surface area contributed by atoms with Gasteiger partial charge in [0.15, 0.2) is 0 Å². The number of nitrogen functional groups attached to an aromatic ring is 1. The molecule has 9 nitrogen and oxygen atoms in total. The molecule has 1 aromatic carbocycles. The Morgan fingerprint density at radius 1 is 1.14 bits per heavy atom. The van der Waals surface area contributed by atoms with Gasteiger partial charge in [0.05, 0.1) is 11.1 Å². The molecule has 1 fully saturated rings. The Labute approximate surface area is 202 Å². The second-order valence-electron chi connectivity index (χ2n) is 8.93. The number of nitrogens with one attached hydrogen (secondary N) is 2. The van der Waals surface area contributed by atoms with E-state index in [-0.39, 0.29) is 17.4 Å². The maximum atomic E-state index is 12.7. The van der Waals surface area contributed by atoms with Crippen LogP contribution in [0.4, 0.5) is 17.5 Å². The summed E-state index contributed by atoms with van der Waals surface area (Å²) in [6, 6.07) is 9.91. The molecule has 1 aliphatic heterocycles. The van der Waals surface area contributed by atoms with Crippen LogP contribution in [-0.4, -0.2) is 43.8 Å². The van der Waals surface area contributed by atoms with Gasteiger partial charge in [-0.2, -0.15) is 0 Å². The lowest BCUT2D eigenvalue weighted by Gasteiger charge is -2.32. The van der Waals surface area contributed by atoms with Crippen molar-refractivity contribution in [2.24, 2.45) is 0 Å². The topological polar surface area (TPSA) is 130 Å².